The van der Waals surface area contributed by atoms with Crippen LogP contribution >= 0.6 is 0 Å². The summed E-state index contributed by atoms with van der Waals surface area (Å²) < 4.78 is 31.1. The van der Waals surface area contributed by atoms with E-state index in [2.05, 4.69) is 15.6 Å². The average Bonchev–Trinajstić information content (AvgIpc) is 2.66. The first-order valence-electron chi connectivity index (χ1n) is 8.80. The highest BCUT2D eigenvalue weighted by molar-refractivity contribution is 5.91. The van der Waals surface area contributed by atoms with Gasteiger partial charge < -0.3 is 15.4 Å². The Hall–Kier alpha value is -3.36. The van der Waals surface area contributed by atoms with Gasteiger partial charge in [0.2, 0.25) is 11.8 Å². The van der Waals surface area contributed by atoms with Gasteiger partial charge in [0.05, 0.1) is 13.5 Å². The molecule has 9 heteroatoms. The van der Waals surface area contributed by atoms with Crippen LogP contribution < -0.4 is 10.6 Å². The molecule has 2 atom stereocenters. The summed E-state index contributed by atoms with van der Waals surface area (Å²) in [7, 11) is 1.20. The molecule has 0 saturated heterocycles. The van der Waals surface area contributed by atoms with Crippen LogP contribution in [0.4, 0.5) is 8.78 Å². The lowest BCUT2D eigenvalue weighted by atomic mass is 10.1. The van der Waals surface area contributed by atoms with Crippen molar-refractivity contribution in [1.82, 2.24) is 15.6 Å². The number of methoxy groups -OCH3 is 1. The minimum Gasteiger partial charge on any atom is -0.467 e. The number of ether oxygens (including phenoxy) is 1. The number of pyridine rings is 1. The van der Waals surface area contributed by atoms with Gasteiger partial charge in [-0.15, -0.1) is 0 Å². The molecular formula is C20H21F2N3O4. The van der Waals surface area contributed by atoms with E-state index >= 15 is 0 Å². The maximum atomic E-state index is 13.2. The number of nitrogens with one attached hydrogen (secondary N) is 2. The van der Waals surface area contributed by atoms with Gasteiger partial charge in [-0.25, -0.2) is 13.6 Å². The predicted molar refractivity (Wildman–Crippen MR) is 99.6 cm³/mol. The van der Waals surface area contributed by atoms with Gasteiger partial charge in [0.15, 0.2) is 0 Å². The van der Waals surface area contributed by atoms with E-state index in [0.717, 1.165) is 12.1 Å². The highest BCUT2D eigenvalue weighted by Crippen LogP contribution is 2.09. The van der Waals surface area contributed by atoms with Gasteiger partial charge in [-0.2, -0.15) is 0 Å². The molecule has 0 bridgehead atoms. The molecule has 2 aromatic rings. The zero-order chi connectivity index (χ0) is 21.4. The molecule has 7 nitrogen and oxygen atoms in total. The summed E-state index contributed by atoms with van der Waals surface area (Å²) in [5.41, 5.74) is 0.852. The highest BCUT2D eigenvalue weighted by atomic mass is 19.1. The maximum absolute atomic E-state index is 13.2. The smallest absolute Gasteiger partial charge is 0.328 e. The number of carbonyl (C=O) groups is 3. The van der Waals surface area contributed by atoms with Crippen molar-refractivity contribution in [3.05, 3.63) is 65.5 Å². The van der Waals surface area contributed by atoms with Crippen LogP contribution in [0.3, 0.4) is 0 Å². The molecule has 1 aromatic heterocycles. The Balaban J connectivity index is 1.95. The monoisotopic (exact) mass is 405 g/mol. The van der Waals surface area contributed by atoms with E-state index in [0.29, 0.717) is 11.6 Å². The van der Waals surface area contributed by atoms with E-state index in [-0.39, 0.29) is 18.4 Å². The van der Waals surface area contributed by atoms with Crippen LogP contribution in [0.5, 0.6) is 0 Å². The SMILES string of the molecule is COC(=O)[C@H](Cc1cccnc1)NC(=O)[C@H](C)NC(=O)Cc1cc(F)cc(F)c1. The summed E-state index contributed by atoms with van der Waals surface area (Å²) in [5, 5.41) is 4.96. The third-order valence-corrected chi connectivity index (χ3v) is 4.02. The summed E-state index contributed by atoms with van der Waals surface area (Å²) in [6.45, 7) is 1.43. The number of halogens is 2. The minimum absolute atomic E-state index is 0.136. The molecular weight excluding hydrogens is 384 g/mol. The lowest BCUT2D eigenvalue weighted by Crippen LogP contribution is -2.51. The van der Waals surface area contributed by atoms with E-state index < -0.39 is 41.5 Å². The third-order valence-electron chi connectivity index (χ3n) is 4.02. The second kappa shape index (κ2) is 10.3. The molecule has 0 unspecified atom stereocenters. The second-order valence-electron chi connectivity index (χ2n) is 6.39. The fraction of sp³-hybridized carbons (Fsp3) is 0.300. The van der Waals surface area contributed by atoms with Gasteiger partial charge in [-0.05, 0) is 36.2 Å². The molecule has 0 aliphatic carbocycles. The maximum Gasteiger partial charge on any atom is 0.328 e. The molecule has 2 amide bonds. The van der Waals surface area contributed by atoms with Crippen molar-refractivity contribution < 1.29 is 27.9 Å². The fourth-order valence-electron chi connectivity index (χ4n) is 2.64. The molecule has 2 rings (SSSR count). The first-order valence-corrected chi connectivity index (χ1v) is 8.80. The number of nitrogens with zero attached hydrogens (tertiary/aromatic N) is 1. The van der Waals surface area contributed by atoms with E-state index in [1.54, 1.807) is 24.5 Å². The van der Waals surface area contributed by atoms with E-state index in [1.807, 2.05) is 0 Å². The van der Waals surface area contributed by atoms with Crippen molar-refractivity contribution in [1.29, 1.82) is 0 Å². The summed E-state index contributed by atoms with van der Waals surface area (Å²) >= 11 is 0. The molecule has 0 aliphatic rings. The Kier molecular flexibility index (Phi) is 7.76. The van der Waals surface area contributed by atoms with Crippen LogP contribution in [0.25, 0.3) is 0 Å². The zero-order valence-electron chi connectivity index (χ0n) is 15.9. The Morgan fingerprint density at radius 2 is 1.79 bits per heavy atom. The number of aromatic nitrogens is 1. The number of esters is 1. The van der Waals surface area contributed by atoms with Crippen LogP contribution in [-0.2, 0) is 32.0 Å². The first kappa shape index (κ1) is 21.9. The van der Waals surface area contributed by atoms with Crippen molar-refractivity contribution >= 4 is 17.8 Å². The standard InChI is InChI=1S/C20H21F2N3O4/c1-12(24-18(26)9-14-6-15(21)10-16(22)7-14)19(27)25-17(20(28)29-2)8-13-4-3-5-23-11-13/h3-7,10-12,17H,8-9H2,1-2H3,(H,24,26)(H,25,27)/t12-,17-/m0/s1. The molecule has 2 N–H and O–H groups in total. The Morgan fingerprint density at radius 3 is 2.38 bits per heavy atom. The molecule has 0 spiro atoms. The Labute approximate surface area is 166 Å². The molecule has 1 aromatic carbocycles. The largest absolute Gasteiger partial charge is 0.467 e. The minimum atomic E-state index is -0.984. The molecule has 0 fully saturated rings. The summed E-state index contributed by atoms with van der Waals surface area (Å²) in [6, 6.07) is 4.27. The highest BCUT2D eigenvalue weighted by Gasteiger charge is 2.25. The van der Waals surface area contributed by atoms with Crippen molar-refractivity contribution in [3.8, 4) is 0 Å². The zero-order valence-corrected chi connectivity index (χ0v) is 15.9. The van der Waals surface area contributed by atoms with Crippen molar-refractivity contribution in [2.24, 2.45) is 0 Å². The van der Waals surface area contributed by atoms with Crippen LogP contribution in [0, 0.1) is 11.6 Å². The number of hydrogen-bond donors (Lipinski definition) is 2. The van der Waals surface area contributed by atoms with Gasteiger partial charge in [-0.3, -0.25) is 14.6 Å². The molecule has 0 saturated carbocycles. The first-order chi connectivity index (χ1) is 13.8. The summed E-state index contributed by atoms with van der Waals surface area (Å²) in [6.07, 6.45) is 3.00. The van der Waals surface area contributed by atoms with Crippen molar-refractivity contribution in [2.45, 2.75) is 31.8 Å². The topological polar surface area (TPSA) is 97.4 Å². The number of rotatable bonds is 8. The van der Waals surface area contributed by atoms with Gasteiger partial charge >= 0.3 is 5.97 Å². The van der Waals surface area contributed by atoms with E-state index in [9.17, 15) is 23.2 Å². The lowest BCUT2D eigenvalue weighted by Gasteiger charge is -2.20. The Morgan fingerprint density at radius 1 is 1.10 bits per heavy atom. The molecule has 1 heterocycles. The average molecular weight is 405 g/mol. The van der Waals surface area contributed by atoms with Crippen molar-refractivity contribution in [3.63, 3.8) is 0 Å². The molecule has 0 aliphatic heterocycles. The van der Waals surface area contributed by atoms with Crippen LogP contribution in [0.2, 0.25) is 0 Å². The number of carbonyl (C=O) groups excluding carboxylic acids is 3. The van der Waals surface area contributed by atoms with Crippen molar-refractivity contribution in [2.75, 3.05) is 7.11 Å². The van der Waals surface area contributed by atoms with Gasteiger partial charge in [-0.1, -0.05) is 6.07 Å². The molecule has 0 radical (unpaired) electrons. The van der Waals surface area contributed by atoms with Gasteiger partial charge in [0, 0.05) is 24.9 Å². The third kappa shape index (κ3) is 6.95. The molecule has 29 heavy (non-hydrogen) atoms. The van der Waals surface area contributed by atoms with Crippen LogP contribution in [0.15, 0.2) is 42.7 Å². The second-order valence-corrected chi connectivity index (χ2v) is 6.39. The normalized spacial score (nSPS) is 12.6. The fourth-order valence-corrected chi connectivity index (χ4v) is 2.64. The number of hydrogen-bond acceptors (Lipinski definition) is 5. The quantitative estimate of drug-likeness (QED) is 0.646. The number of amides is 2. The summed E-state index contributed by atoms with van der Waals surface area (Å²) in [5.74, 6) is -3.44. The summed E-state index contributed by atoms with van der Waals surface area (Å²) in [4.78, 5) is 40.4. The van der Waals surface area contributed by atoms with E-state index in [4.69, 9.17) is 4.74 Å². The predicted octanol–water partition coefficient (Wildman–Crippen LogP) is 1.31. The van der Waals surface area contributed by atoms with Gasteiger partial charge in [0.25, 0.3) is 0 Å². The number of benzene rings is 1. The van der Waals surface area contributed by atoms with Gasteiger partial charge in [0.1, 0.15) is 23.7 Å². The van der Waals surface area contributed by atoms with Crippen LogP contribution in [-0.4, -0.2) is 42.0 Å². The lowest BCUT2D eigenvalue weighted by molar-refractivity contribution is -0.145. The Bertz CT molecular complexity index is 857. The van der Waals surface area contributed by atoms with E-state index in [1.165, 1.54) is 14.0 Å². The van der Waals surface area contributed by atoms with Crippen LogP contribution in [0.1, 0.15) is 18.1 Å². The molecule has 154 valence electrons.